The summed E-state index contributed by atoms with van der Waals surface area (Å²) in [6.45, 7) is 6.98. The zero-order valence-corrected chi connectivity index (χ0v) is 19.6. The summed E-state index contributed by atoms with van der Waals surface area (Å²) >= 11 is 1.62. The molecule has 0 saturated carbocycles. The second-order valence-electron chi connectivity index (χ2n) is 8.72. The Kier molecular flexibility index (Phi) is 6.53. The molecule has 6 heteroatoms. The Bertz CT molecular complexity index is 1100. The van der Waals surface area contributed by atoms with Gasteiger partial charge in [-0.1, -0.05) is 36.5 Å². The van der Waals surface area contributed by atoms with E-state index < -0.39 is 0 Å². The van der Waals surface area contributed by atoms with E-state index in [-0.39, 0.29) is 5.91 Å². The van der Waals surface area contributed by atoms with Crippen LogP contribution in [-0.2, 0) is 24.0 Å². The molecule has 2 aliphatic rings. The SMILES string of the molecule is CCc1cccc2sc(N(CCN3CCOCC3)C(=O)c3ccc4c(c3)CCCC4)nc12. The molecule has 1 aromatic heterocycles. The first kappa shape index (κ1) is 21.6. The molecule has 1 aliphatic carbocycles. The van der Waals surface area contributed by atoms with Gasteiger partial charge in [0.1, 0.15) is 0 Å². The van der Waals surface area contributed by atoms with Gasteiger partial charge < -0.3 is 4.74 Å². The number of carbonyl (C=O) groups is 1. The predicted octanol–water partition coefficient (Wildman–Crippen LogP) is 4.72. The lowest BCUT2D eigenvalue weighted by atomic mass is 9.90. The van der Waals surface area contributed by atoms with E-state index in [1.807, 2.05) is 11.0 Å². The van der Waals surface area contributed by atoms with E-state index in [0.717, 1.165) is 73.0 Å². The molecule has 0 N–H and O–H groups in total. The van der Waals surface area contributed by atoms with Crippen LogP contribution in [0.3, 0.4) is 0 Å². The van der Waals surface area contributed by atoms with Crippen molar-refractivity contribution in [3.8, 4) is 0 Å². The van der Waals surface area contributed by atoms with E-state index in [4.69, 9.17) is 9.72 Å². The summed E-state index contributed by atoms with van der Waals surface area (Å²) in [4.78, 5) is 23.0. The third-order valence-corrected chi connectivity index (χ3v) is 7.73. The summed E-state index contributed by atoms with van der Waals surface area (Å²) in [6.07, 6.45) is 5.60. The van der Waals surface area contributed by atoms with Crippen LogP contribution >= 0.6 is 11.3 Å². The fourth-order valence-corrected chi connectivity index (χ4v) is 5.81. The zero-order valence-electron chi connectivity index (χ0n) is 18.8. The number of anilines is 1. The van der Waals surface area contributed by atoms with Gasteiger partial charge in [-0.2, -0.15) is 0 Å². The molecule has 5 rings (SSSR count). The minimum Gasteiger partial charge on any atom is -0.379 e. The van der Waals surface area contributed by atoms with Gasteiger partial charge in [-0.15, -0.1) is 0 Å². The second kappa shape index (κ2) is 9.69. The Hall–Kier alpha value is -2.28. The van der Waals surface area contributed by atoms with Crippen LogP contribution in [0.15, 0.2) is 36.4 Å². The van der Waals surface area contributed by atoms with Crippen molar-refractivity contribution in [3.05, 3.63) is 58.7 Å². The number of nitrogens with zero attached hydrogens (tertiary/aromatic N) is 3. The maximum Gasteiger partial charge on any atom is 0.260 e. The van der Waals surface area contributed by atoms with Gasteiger partial charge in [-0.05, 0) is 67.0 Å². The fraction of sp³-hybridized carbons (Fsp3) is 0.462. The van der Waals surface area contributed by atoms with Gasteiger partial charge >= 0.3 is 0 Å². The quantitative estimate of drug-likeness (QED) is 0.546. The highest BCUT2D eigenvalue weighted by atomic mass is 32.1. The summed E-state index contributed by atoms with van der Waals surface area (Å²) in [5.74, 6) is 0.0590. The normalized spacial score (nSPS) is 16.8. The third-order valence-electron chi connectivity index (χ3n) is 6.69. The first-order chi connectivity index (χ1) is 15.7. The first-order valence-electron chi connectivity index (χ1n) is 11.8. The zero-order chi connectivity index (χ0) is 21.9. The molecule has 1 amide bonds. The molecule has 5 nitrogen and oxygen atoms in total. The topological polar surface area (TPSA) is 45.7 Å². The Morgan fingerprint density at radius 1 is 1.12 bits per heavy atom. The van der Waals surface area contributed by atoms with Crippen molar-refractivity contribution in [2.75, 3.05) is 44.3 Å². The van der Waals surface area contributed by atoms with E-state index in [1.54, 1.807) is 11.3 Å². The van der Waals surface area contributed by atoms with E-state index in [1.165, 1.54) is 29.5 Å². The van der Waals surface area contributed by atoms with Crippen molar-refractivity contribution in [2.24, 2.45) is 0 Å². The molecule has 1 aliphatic heterocycles. The monoisotopic (exact) mass is 449 g/mol. The molecule has 0 radical (unpaired) electrons. The largest absolute Gasteiger partial charge is 0.379 e. The Labute approximate surface area is 194 Å². The number of fused-ring (bicyclic) bond motifs is 2. The van der Waals surface area contributed by atoms with Gasteiger partial charge in [0.25, 0.3) is 5.91 Å². The molecule has 2 heterocycles. The fourth-order valence-electron chi connectivity index (χ4n) is 4.77. The van der Waals surface area contributed by atoms with Gasteiger partial charge in [-0.3, -0.25) is 14.6 Å². The van der Waals surface area contributed by atoms with E-state index in [2.05, 4.69) is 42.2 Å². The van der Waals surface area contributed by atoms with Gasteiger partial charge in [0.05, 0.1) is 23.4 Å². The molecule has 2 aromatic carbocycles. The van der Waals surface area contributed by atoms with Gasteiger partial charge in [0.15, 0.2) is 5.13 Å². The molecule has 0 atom stereocenters. The minimum absolute atomic E-state index is 0.0590. The number of rotatable bonds is 6. The second-order valence-corrected chi connectivity index (χ2v) is 9.72. The van der Waals surface area contributed by atoms with Crippen LogP contribution in [0.2, 0.25) is 0 Å². The van der Waals surface area contributed by atoms with E-state index in [9.17, 15) is 4.79 Å². The summed E-state index contributed by atoms with van der Waals surface area (Å²) in [6, 6.07) is 12.6. The lowest BCUT2D eigenvalue weighted by molar-refractivity contribution is 0.0391. The first-order valence-corrected chi connectivity index (χ1v) is 12.7. The molecular weight excluding hydrogens is 418 g/mol. The number of thiazole rings is 1. The van der Waals surface area contributed by atoms with Crippen LogP contribution in [0.4, 0.5) is 5.13 Å². The molecule has 1 saturated heterocycles. The molecule has 3 aromatic rings. The Morgan fingerprint density at radius 3 is 2.75 bits per heavy atom. The van der Waals surface area contributed by atoms with E-state index >= 15 is 0 Å². The lowest BCUT2D eigenvalue weighted by Crippen LogP contribution is -2.43. The van der Waals surface area contributed by atoms with Crippen molar-refractivity contribution in [1.29, 1.82) is 0 Å². The summed E-state index contributed by atoms with van der Waals surface area (Å²) in [7, 11) is 0. The number of hydrogen-bond donors (Lipinski definition) is 0. The van der Waals surface area contributed by atoms with Crippen molar-refractivity contribution in [3.63, 3.8) is 0 Å². The van der Waals surface area contributed by atoms with Crippen LogP contribution < -0.4 is 4.90 Å². The number of amides is 1. The average Bonchev–Trinajstić information content (AvgIpc) is 3.28. The average molecular weight is 450 g/mol. The number of para-hydroxylation sites is 1. The highest BCUT2D eigenvalue weighted by Crippen LogP contribution is 2.32. The molecule has 1 fully saturated rings. The van der Waals surface area contributed by atoms with Crippen LogP contribution in [-0.4, -0.2) is 55.2 Å². The highest BCUT2D eigenvalue weighted by molar-refractivity contribution is 7.22. The molecule has 0 bridgehead atoms. The van der Waals surface area contributed by atoms with Crippen molar-refractivity contribution in [2.45, 2.75) is 39.0 Å². The standard InChI is InChI=1S/C26H31N3O2S/c1-2-19-8-5-9-23-24(19)27-26(32-23)29(13-12-28-14-16-31-17-15-28)25(30)22-11-10-20-6-3-4-7-21(20)18-22/h5,8-11,18H,2-4,6-7,12-17H2,1H3. The van der Waals surface area contributed by atoms with Crippen molar-refractivity contribution in [1.82, 2.24) is 9.88 Å². The summed E-state index contributed by atoms with van der Waals surface area (Å²) < 4.78 is 6.64. The number of ether oxygens (including phenoxy) is 1. The van der Waals surface area contributed by atoms with Crippen molar-refractivity contribution >= 4 is 32.6 Å². The maximum atomic E-state index is 13.8. The predicted molar refractivity (Wildman–Crippen MR) is 131 cm³/mol. The van der Waals surface area contributed by atoms with Gasteiger partial charge in [0.2, 0.25) is 0 Å². The van der Waals surface area contributed by atoms with Crippen LogP contribution in [0.1, 0.15) is 46.8 Å². The highest BCUT2D eigenvalue weighted by Gasteiger charge is 2.24. The smallest absolute Gasteiger partial charge is 0.260 e. The van der Waals surface area contributed by atoms with Gasteiger partial charge in [-0.25, -0.2) is 4.98 Å². The Morgan fingerprint density at radius 2 is 1.94 bits per heavy atom. The van der Waals surface area contributed by atoms with Crippen LogP contribution in [0.5, 0.6) is 0 Å². The van der Waals surface area contributed by atoms with Gasteiger partial charge in [0, 0.05) is 31.7 Å². The number of aromatic nitrogens is 1. The molecular formula is C26H31N3O2S. The Balaban J connectivity index is 1.47. The summed E-state index contributed by atoms with van der Waals surface area (Å²) in [5, 5.41) is 0.803. The molecule has 0 spiro atoms. The minimum atomic E-state index is 0.0590. The lowest BCUT2D eigenvalue weighted by Gasteiger charge is -2.29. The third kappa shape index (κ3) is 4.45. The number of hydrogen-bond acceptors (Lipinski definition) is 5. The number of carbonyl (C=O) groups excluding carboxylic acids is 1. The molecule has 32 heavy (non-hydrogen) atoms. The maximum absolute atomic E-state index is 13.8. The molecule has 0 unspecified atom stereocenters. The van der Waals surface area contributed by atoms with Crippen molar-refractivity contribution < 1.29 is 9.53 Å². The van der Waals surface area contributed by atoms with Crippen LogP contribution in [0.25, 0.3) is 10.2 Å². The number of morpholine rings is 1. The summed E-state index contributed by atoms with van der Waals surface area (Å²) in [5.41, 5.74) is 5.79. The number of aryl methyl sites for hydroxylation is 3. The van der Waals surface area contributed by atoms with Crippen LogP contribution in [0, 0.1) is 0 Å². The number of benzene rings is 2. The van der Waals surface area contributed by atoms with E-state index in [0.29, 0.717) is 6.54 Å². The molecule has 168 valence electrons.